The van der Waals surface area contributed by atoms with Gasteiger partial charge in [0, 0.05) is 30.4 Å². The quantitative estimate of drug-likeness (QED) is 0.773. The standard InChI is InChI=1S/C12H19N3/c1-9(2)15-12-10(4-3-7-13-12)8-14-11-5-6-11/h3-4,7,9,11,14H,5-6,8H2,1-2H3,(H,13,15). The van der Waals surface area contributed by atoms with Gasteiger partial charge in [0.1, 0.15) is 5.82 Å². The molecule has 0 saturated heterocycles. The summed E-state index contributed by atoms with van der Waals surface area (Å²) in [4.78, 5) is 4.37. The summed E-state index contributed by atoms with van der Waals surface area (Å²) in [6.07, 6.45) is 4.49. The maximum Gasteiger partial charge on any atom is 0.130 e. The SMILES string of the molecule is CC(C)Nc1ncccc1CNC1CC1. The highest BCUT2D eigenvalue weighted by molar-refractivity contribution is 5.44. The van der Waals surface area contributed by atoms with E-state index in [1.165, 1.54) is 18.4 Å². The maximum absolute atomic E-state index is 4.37. The van der Waals surface area contributed by atoms with E-state index in [0.29, 0.717) is 6.04 Å². The summed E-state index contributed by atoms with van der Waals surface area (Å²) in [5, 5.41) is 6.87. The predicted octanol–water partition coefficient (Wildman–Crippen LogP) is 2.15. The van der Waals surface area contributed by atoms with Crippen molar-refractivity contribution in [2.45, 2.75) is 45.3 Å². The van der Waals surface area contributed by atoms with Gasteiger partial charge in [-0.3, -0.25) is 0 Å². The van der Waals surface area contributed by atoms with Gasteiger partial charge in [-0.2, -0.15) is 0 Å². The number of aromatic nitrogens is 1. The van der Waals surface area contributed by atoms with E-state index in [-0.39, 0.29) is 0 Å². The summed E-state index contributed by atoms with van der Waals surface area (Å²) < 4.78 is 0. The molecule has 82 valence electrons. The van der Waals surface area contributed by atoms with Gasteiger partial charge < -0.3 is 10.6 Å². The van der Waals surface area contributed by atoms with Gasteiger partial charge in [-0.25, -0.2) is 4.98 Å². The summed E-state index contributed by atoms with van der Waals surface area (Å²) in [5.74, 6) is 1.01. The van der Waals surface area contributed by atoms with E-state index >= 15 is 0 Å². The molecular formula is C12H19N3. The number of rotatable bonds is 5. The van der Waals surface area contributed by atoms with Gasteiger partial charge >= 0.3 is 0 Å². The molecule has 1 saturated carbocycles. The number of nitrogens with one attached hydrogen (secondary N) is 2. The largest absolute Gasteiger partial charge is 0.368 e. The van der Waals surface area contributed by atoms with Crippen LogP contribution in [-0.2, 0) is 6.54 Å². The van der Waals surface area contributed by atoms with E-state index in [9.17, 15) is 0 Å². The first-order valence-electron chi connectivity index (χ1n) is 5.69. The predicted molar refractivity (Wildman–Crippen MR) is 62.9 cm³/mol. The van der Waals surface area contributed by atoms with E-state index < -0.39 is 0 Å². The smallest absolute Gasteiger partial charge is 0.130 e. The van der Waals surface area contributed by atoms with Crippen molar-refractivity contribution < 1.29 is 0 Å². The maximum atomic E-state index is 4.37. The molecule has 2 N–H and O–H groups in total. The molecule has 1 fully saturated rings. The molecule has 1 aromatic heterocycles. The minimum Gasteiger partial charge on any atom is -0.368 e. The molecule has 2 rings (SSSR count). The third-order valence-corrected chi connectivity index (χ3v) is 2.48. The Hall–Kier alpha value is -1.09. The molecular weight excluding hydrogens is 186 g/mol. The summed E-state index contributed by atoms with van der Waals surface area (Å²) in [7, 11) is 0. The second-order valence-electron chi connectivity index (χ2n) is 4.47. The van der Waals surface area contributed by atoms with Gasteiger partial charge in [0.2, 0.25) is 0 Å². The molecule has 15 heavy (non-hydrogen) atoms. The van der Waals surface area contributed by atoms with Crippen molar-refractivity contribution in [3.8, 4) is 0 Å². The van der Waals surface area contributed by atoms with Crippen molar-refractivity contribution in [1.82, 2.24) is 10.3 Å². The Morgan fingerprint density at radius 1 is 1.47 bits per heavy atom. The molecule has 0 bridgehead atoms. The first-order valence-corrected chi connectivity index (χ1v) is 5.69. The van der Waals surface area contributed by atoms with Crippen molar-refractivity contribution in [2.24, 2.45) is 0 Å². The minimum absolute atomic E-state index is 0.430. The van der Waals surface area contributed by atoms with E-state index in [1.807, 2.05) is 12.3 Å². The molecule has 1 heterocycles. The van der Waals surface area contributed by atoms with Gasteiger partial charge in [-0.1, -0.05) is 6.07 Å². The summed E-state index contributed by atoms with van der Waals surface area (Å²) in [6, 6.07) is 5.30. The van der Waals surface area contributed by atoms with Crippen molar-refractivity contribution >= 4 is 5.82 Å². The summed E-state index contributed by atoms with van der Waals surface area (Å²) in [6.45, 7) is 5.19. The lowest BCUT2D eigenvalue weighted by molar-refractivity contribution is 0.685. The number of anilines is 1. The molecule has 3 heteroatoms. The van der Waals surface area contributed by atoms with Crippen LogP contribution in [0.2, 0.25) is 0 Å². The van der Waals surface area contributed by atoms with Gasteiger partial charge in [0.25, 0.3) is 0 Å². The van der Waals surface area contributed by atoms with Crippen molar-refractivity contribution in [1.29, 1.82) is 0 Å². The zero-order valence-corrected chi connectivity index (χ0v) is 9.46. The van der Waals surface area contributed by atoms with Crippen molar-refractivity contribution in [3.63, 3.8) is 0 Å². The fourth-order valence-electron chi connectivity index (χ4n) is 1.53. The Kier molecular flexibility index (Phi) is 3.21. The van der Waals surface area contributed by atoms with Crippen LogP contribution >= 0.6 is 0 Å². The lowest BCUT2D eigenvalue weighted by atomic mass is 10.2. The normalized spacial score (nSPS) is 15.7. The number of hydrogen-bond acceptors (Lipinski definition) is 3. The van der Waals surface area contributed by atoms with Crippen LogP contribution in [0.25, 0.3) is 0 Å². The summed E-state index contributed by atoms with van der Waals surface area (Å²) in [5.41, 5.74) is 1.26. The van der Waals surface area contributed by atoms with Gasteiger partial charge in [0.15, 0.2) is 0 Å². The monoisotopic (exact) mass is 205 g/mol. The average molecular weight is 205 g/mol. The Morgan fingerprint density at radius 3 is 2.93 bits per heavy atom. The van der Waals surface area contributed by atoms with Crippen LogP contribution in [0.4, 0.5) is 5.82 Å². The fourth-order valence-corrected chi connectivity index (χ4v) is 1.53. The topological polar surface area (TPSA) is 37.0 Å². The molecule has 0 spiro atoms. The van der Waals surface area contributed by atoms with Crippen molar-refractivity contribution in [3.05, 3.63) is 23.9 Å². The Bertz CT molecular complexity index is 318. The van der Waals surface area contributed by atoms with Crippen LogP contribution in [0.5, 0.6) is 0 Å². The van der Waals surface area contributed by atoms with E-state index in [1.54, 1.807) is 0 Å². The highest BCUT2D eigenvalue weighted by atomic mass is 15.0. The van der Waals surface area contributed by atoms with Crippen LogP contribution < -0.4 is 10.6 Å². The first-order chi connectivity index (χ1) is 7.25. The first kappa shape index (κ1) is 10.4. The molecule has 0 unspecified atom stereocenters. The van der Waals surface area contributed by atoms with Gasteiger partial charge in [0.05, 0.1) is 0 Å². The Balaban J connectivity index is 1.99. The molecule has 1 aromatic rings. The molecule has 0 aromatic carbocycles. The van der Waals surface area contributed by atoms with Crippen molar-refractivity contribution in [2.75, 3.05) is 5.32 Å². The third kappa shape index (κ3) is 3.20. The minimum atomic E-state index is 0.430. The molecule has 0 atom stereocenters. The highest BCUT2D eigenvalue weighted by Crippen LogP contribution is 2.20. The van der Waals surface area contributed by atoms with E-state index in [4.69, 9.17) is 0 Å². The van der Waals surface area contributed by atoms with Crippen LogP contribution in [-0.4, -0.2) is 17.1 Å². The zero-order valence-electron chi connectivity index (χ0n) is 9.46. The molecule has 0 amide bonds. The molecule has 0 aliphatic heterocycles. The second-order valence-corrected chi connectivity index (χ2v) is 4.47. The van der Waals surface area contributed by atoms with Gasteiger partial charge in [-0.05, 0) is 32.8 Å². The lowest BCUT2D eigenvalue weighted by Gasteiger charge is -2.13. The number of hydrogen-bond donors (Lipinski definition) is 2. The second kappa shape index (κ2) is 4.62. The molecule has 1 aliphatic carbocycles. The van der Waals surface area contributed by atoms with E-state index in [2.05, 4.69) is 35.5 Å². The number of pyridine rings is 1. The summed E-state index contributed by atoms with van der Waals surface area (Å²) >= 11 is 0. The van der Waals surface area contributed by atoms with Crippen LogP contribution in [0, 0.1) is 0 Å². The Morgan fingerprint density at radius 2 is 2.27 bits per heavy atom. The van der Waals surface area contributed by atoms with Crippen LogP contribution in [0.1, 0.15) is 32.3 Å². The highest BCUT2D eigenvalue weighted by Gasteiger charge is 2.20. The molecule has 3 nitrogen and oxygen atoms in total. The number of nitrogens with zero attached hydrogens (tertiary/aromatic N) is 1. The van der Waals surface area contributed by atoms with Crippen LogP contribution in [0.3, 0.4) is 0 Å². The van der Waals surface area contributed by atoms with E-state index in [0.717, 1.165) is 18.4 Å². The fraction of sp³-hybridized carbons (Fsp3) is 0.583. The van der Waals surface area contributed by atoms with Crippen LogP contribution in [0.15, 0.2) is 18.3 Å². The molecule has 1 aliphatic rings. The van der Waals surface area contributed by atoms with Gasteiger partial charge in [-0.15, -0.1) is 0 Å². The third-order valence-electron chi connectivity index (χ3n) is 2.48. The zero-order chi connectivity index (χ0) is 10.7. The Labute approximate surface area is 91.3 Å². The molecule has 0 radical (unpaired) electrons. The average Bonchev–Trinajstić information content (AvgIpc) is 2.99. The lowest BCUT2D eigenvalue weighted by Crippen LogP contribution is -2.19.